The molecule has 0 radical (unpaired) electrons. The van der Waals surface area contributed by atoms with Crippen molar-refractivity contribution in [3.63, 3.8) is 0 Å². The number of ether oxygens (including phenoxy) is 1. The van der Waals surface area contributed by atoms with E-state index in [0.29, 0.717) is 0 Å². The zero-order chi connectivity index (χ0) is 16.2. The monoisotopic (exact) mass is 312 g/mol. The van der Waals surface area contributed by atoms with Crippen LogP contribution in [-0.2, 0) is 16.0 Å². The molecular weight excluding hydrogens is 284 g/mol. The molecule has 3 aliphatic carbocycles. The van der Waals surface area contributed by atoms with Crippen molar-refractivity contribution in [2.45, 2.75) is 71.3 Å². The fourth-order valence-corrected chi connectivity index (χ4v) is 6.06. The van der Waals surface area contributed by atoms with E-state index in [1.165, 1.54) is 37.7 Å². The van der Waals surface area contributed by atoms with E-state index >= 15 is 0 Å². The Labute approximate surface area is 139 Å². The number of hydrogen-bond acceptors (Lipinski definition) is 2. The first-order valence-corrected chi connectivity index (χ1v) is 9.25. The number of carbonyl (C=O) groups excluding carboxylic acids is 1. The van der Waals surface area contributed by atoms with Gasteiger partial charge in [-0.25, -0.2) is 0 Å². The molecule has 0 amide bonds. The predicted molar refractivity (Wildman–Crippen MR) is 91.4 cm³/mol. The van der Waals surface area contributed by atoms with E-state index in [2.05, 4.69) is 32.0 Å². The first-order chi connectivity index (χ1) is 11.0. The third-order valence-electron chi connectivity index (χ3n) is 7.10. The van der Waals surface area contributed by atoms with Gasteiger partial charge in [0.25, 0.3) is 0 Å². The van der Waals surface area contributed by atoms with Crippen LogP contribution in [0.2, 0.25) is 0 Å². The first kappa shape index (κ1) is 15.2. The molecule has 0 aromatic heterocycles. The van der Waals surface area contributed by atoms with Crippen molar-refractivity contribution >= 4 is 5.97 Å². The quantitative estimate of drug-likeness (QED) is 0.697. The summed E-state index contributed by atoms with van der Waals surface area (Å²) < 4.78 is 5.71. The third-order valence-corrected chi connectivity index (χ3v) is 7.10. The van der Waals surface area contributed by atoms with Gasteiger partial charge in [0.15, 0.2) is 0 Å². The summed E-state index contributed by atoms with van der Waals surface area (Å²) in [6, 6.07) is 7.07. The van der Waals surface area contributed by atoms with Gasteiger partial charge in [0.2, 0.25) is 0 Å². The van der Waals surface area contributed by atoms with Crippen LogP contribution in [-0.4, -0.2) is 12.1 Å². The van der Waals surface area contributed by atoms with E-state index in [4.69, 9.17) is 4.74 Å². The van der Waals surface area contributed by atoms with E-state index in [1.54, 1.807) is 18.1 Å². The molecule has 0 bridgehead atoms. The molecule has 2 nitrogen and oxygen atoms in total. The summed E-state index contributed by atoms with van der Waals surface area (Å²) in [6.45, 7) is 6.14. The van der Waals surface area contributed by atoms with Gasteiger partial charge < -0.3 is 4.74 Å². The molecule has 0 unspecified atom stereocenters. The highest BCUT2D eigenvalue weighted by Crippen LogP contribution is 2.61. The maximum Gasteiger partial charge on any atom is 0.302 e. The Balaban J connectivity index is 1.63. The van der Waals surface area contributed by atoms with Gasteiger partial charge in [-0.1, -0.05) is 30.7 Å². The standard InChI is InChI=1S/C21H28O2/c1-13-4-6-16-15(12-13)5-7-18-17(16)10-11-21(3)19(18)8-9-20(21)23-14(2)22/h4,6,12,17-20H,5,7-11H2,1-3H3/t17-,18-,19+,20+,21+/m1/s1. The van der Waals surface area contributed by atoms with Gasteiger partial charge in [-0.15, -0.1) is 0 Å². The Kier molecular flexibility index (Phi) is 3.55. The lowest BCUT2D eigenvalue weighted by molar-refractivity contribution is -0.154. The van der Waals surface area contributed by atoms with Crippen molar-refractivity contribution in [1.29, 1.82) is 0 Å². The van der Waals surface area contributed by atoms with Crippen molar-refractivity contribution in [2.24, 2.45) is 17.3 Å². The molecule has 0 heterocycles. The smallest absolute Gasteiger partial charge is 0.302 e. The van der Waals surface area contributed by atoms with Crippen LogP contribution in [0.5, 0.6) is 0 Å². The zero-order valence-electron chi connectivity index (χ0n) is 14.6. The van der Waals surface area contributed by atoms with Gasteiger partial charge in [0.1, 0.15) is 6.10 Å². The molecule has 2 heteroatoms. The maximum absolute atomic E-state index is 11.5. The molecule has 0 N–H and O–H groups in total. The number of esters is 1. The maximum atomic E-state index is 11.5. The zero-order valence-corrected chi connectivity index (χ0v) is 14.6. The topological polar surface area (TPSA) is 26.3 Å². The van der Waals surface area contributed by atoms with Gasteiger partial charge in [-0.3, -0.25) is 4.79 Å². The summed E-state index contributed by atoms with van der Waals surface area (Å²) >= 11 is 0. The Morgan fingerprint density at radius 2 is 2.04 bits per heavy atom. The molecule has 0 aliphatic heterocycles. The summed E-state index contributed by atoms with van der Waals surface area (Å²) in [5.74, 6) is 2.13. The highest BCUT2D eigenvalue weighted by atomic mass is 16.5. The van der Waals surface area contributed by atoms with Crippen LogP contribution >= 0.6 is 0 Å². The minimum absolute atomic E-state index is 0.108. The highest BCUT2D eigenvalue weighted by Gasteiger charge is 2.56. The summed E-state index contributed by atoms with van der Waals surface area (Å²) in [5, 5.41) is 0. The number of benzene rings is 1. The Morgan fingerprint density at radius 3 is 2.83 bits per heavy atom. The van der Waals surface area contributed by atoms with Gasteiger partial charge in [0.05, 0.1) is 0 Å². The number of rotatable bonds is 1. The van der Waals surface area contributed by atoms with Crippen LogP contribution in [0.25, 0.3) is 0 Å². The predicted octanol–water partition coefficient (Wildman–Crippen LogP) is 4.78. The van der Waals surface area contributed by atoms with Crippen molar-refractivity contribution < 1.29 is 9.53 Å². The van der Waals surface area contributed by atoms with Crippen LogP contribution < -0.4 is 0 Å². The third kappa shape index (κ3) is 2.33. The second-order valence-corrected chi connectivity index (χ2v) is 8.34. The SMILES string of the molecule is CC(=O)O[C@H]1CC[C@H]2[C@@H]3CCc4cc(C)ccc4[C@H]3CC[C@]12C. The summed E-state index contributed by atoms with van der Waals surface area (Å²) in [6.07, 6.45) is 7.43. The summed E-state index contributed by atoms with van der Waals surface area (Å²) in [5.41, 5.74) is 4.79. The van der Waals surface area contributed by atoms with Gasteiger partial charge in [-0.05, 0) is 74.3 Å². The molecule has 4 rings (SSSR count). The molecule has 5 atom stereocenters. The minimum atomic E-state index is -0.108. The van der Waals surface area contributed by atoms with E-state index in [0.717, 1.165) is 24.2 Å². The lowest BCUT2D eigenvalue weighted by atomic mass is 9.55. The number of hydrogen-bond donors (Lipinski definition) is 0. The Bertz CT molecular complexity index is 635. The molecular formula is C21H28O2. The highest BCUT2D eigenvalue weighted by molar-refractivity contribution is 5.66. The normalized spacial score (nSPS) is 38.4. The number of aryl methyl sites for hydroxylation is 2. The molecule has 0 spiro atoms. The molecule has 2 saturated carbocycles. The van der Waals surface area contributed by atoms with E-state index < -0.39 is 0 Å². The van der Waals surface area contributed by atoms with Crippen LogP contribution in [0.4, 0.5) is 0 Å². The second-order valence-electron chi connectivity index (χ2n) is 8.34. The van der Waals surface area contributed by atoms with Gasteiger partial charge in [-0.2, -0.15) is 0 Å². The summed E-state index contributed by atoms with van der Waals surface area (Å²) in [4.78, 5) is 11.5. The molecule has 124 valence electrons. The van der Waals surface area contributed by atoms with Gasteiger partial charge in [0, 0.05) is 12.3 Å². The molecule has 1 aromatic carbocycles. The van der Waals surface area contributed by atoms with Crippen molar-refractivity contribution in [1.82, 2.24) is 0 Å². The lowest BCUT2D eigenvalue weighted by Gasteiger charge is -2.50. The largest absolute Gasteiger partial charge is 0.462 e. The van der Waals surface area contributed by atoms with Crippen LogP contribution in [0.1, 0.15) is 68.6 Å². The van der Waals surface area contributed by atoms with E-state index in [-0.39, 0.29) is 17.5 Å². The van der Waals surface area contributed by atoms with Crippen LogP contribution in [0.15, 0.2) is 18.2 Å². The molecule has 0 saturated heterocycles. The minimum Gasteiger partial charge on any atom is -0.462 e. The average Bonchev–Trinajstić information content (AvgIpc) is 2.83. The van der Waals surface area contributed by atoms with E-state index in [9.17, 15) is 4.79 Å². The second kappa shape index (κ2) is 5.36. The molecule has 3 aliphatic rings. The molecule has 2 fully saturated rings. The fourth-order valence-electron chi connectivity index (χ4n) is 6.06. The summed E-state index contributed by atoms with van der Waals surface area (Å²) in [7, 11) is 0. The van der Waals surface area contributed by atoms with Crippen LogP contribution in [0, 0.1) is 24.2 Å². The van der Waals surface area contributed by atoms with Crippen molar-refractivity contribution in [3.8, 4) is 0 Å². The van der Waals surface area contributed by atoms with Gasteiger partial charge >= 0.3 is 5.97 Å². The average molecular weight is 312 g/mol. The van der Waals surface area contributed by atoms with E-state index in [1.807, 2.05) is 0 Å². The molecule has 23 heavy (non-hydrogen) atoms. The Morgan fingerprint density at radius 1 is 1.22 bits per heavy atom. The van der Waals surface area contributed by atoms with Crippen molar-refractivity contribution in [2.75, 3.05) is 0 Å². The Hall–Kier alpha value is -1.31. The van der Waals surface area contributed by atoms with Crippen molar-refractivity contribution in [3.05, 3.63) is 34.9 Å². The fraction of sp³-hybridized carbons (Fsp3) is 0.667. The first-order valence-electron chi connectivity index (χ1n) is 9.25. The number of fused-ring (bicyclic) bond motifs is 5. The lowest BCUT2D eigenvalue weighted by Crippen LogP contribution is -2.45. The number of carbonyl (C=O) groups is 1. The van der Waals surface area contributed by atoms with Crippen LogP contribution in [0.3, 0.4) is 0 Å². The molecule has 1 aromatic rings.